The van der Waals surface area contributed by atoms with Crippen LogP contribution in [0.2, 0.25) is 0 Å². The van der Waals surface area contributed by atoms with E-state index in [1.54, 1.807) is 6.07 Å². The summed E-state index contributed by atoms with van der Waals surface area (Å²) in [7, 11) is 0. The summed E-state index contributed by atoms with van der Waals surface area (Å²) in [6.07, 6.45) is 0. The first-order valence-corrected chi connectivity index (χ1v) is 10.1. The fourth-order valence-corrected chi connectivity index (χ4v) is 2.92. The summed E-state index contributed by atoms with van der Waals surface area (Å²) in [6.45, 7) is 5.92. The number of rotatable bonds is 10. The zero-order valence-electron chi connectivity index (χ0n) is 17.4. The van der Waals surface area contributed by atoms with Crippen LogP contribution in [0.15, 0.2) is 72.8 Å². The molecule has 0 spiro atoms. The highest BCUT2D eigenvalue weighted by Gasteiger charge is 2.11. The van der Waals surface area contributed by atoms with Gasteiger partial charge in [0, 0.05) is 23.4 Å². The van der Waals surface area contributed by atoms with E-state index in [2.05, 4.69) is 5.32 Å². The molecule has 0 aliphatic carbocycles. The van der Waals surface area contributed by atoms with Crippen molar-refractivity contribution in [2.75, 3.05) is 18.5 Å². The Hall–Kier alpha value is -3.31. The van der Waals surface area contributed by atoms with E-state index in [0.29, 0.717) is 37.7 Å². The minimum Gasteiger partial charge on any atom is -0.494 e. The lowest BCUT2D eigenvalue weighted by Gasteiger charge is -2.13. The molecule has 0 bridgehead atoms. The molecule has 156 valence electrons. The molecule has 3 aromatic carbocycles. The Bertz CT molecular complexity index is 939. The summed E-state index contributed by atoms with van der Waals surface area (Å²) in [5, 5.41) is 2.92. The SMILES string of the molecule is CCOCc1cc(C(=O)Nc2ccc(OCc3ccccc3)cc2)ccc1OCC. The Morgan fingerprint density at radius 2 is 1.60 bits per heavy atom. The summed E-state index contributed by atoms with van der Waals surface area (Å²) in [6, 6.07) is 22.7. The summed E-state index contributed by atoms with van der Waals surface area (Å²) >= 11 is 0. The molecule has 0 unspecified atom stereocenters. The number of carbonyl (C=O) groups is 1. The van der Waals surface area contributed by atoms with E-state index >= 15 is 0 Å². The molecule has 0 atom stereocenters. The van der Waals surface area contributed by atoms with Gasteiger partial charge >= 0.3 is 0 Å². The molecular weight excluding hydrogens is 378 g/mol. The van der Waals surface area contributed by atoms with Gasteiger partial charge in [0.15, 0.2) is 0 Å². The molecule has 5 heteroatoms. The number of amides is 1. The Kier molecular flexibility index (Phi) is 7.86. The third-order valence-corrected chi connectivity index (χ3v) is 4.44. The molecule has 1 N–H and O–H groups in total. The third-order valence-electron chi connectivity index (χ3n) is 4.44. The Labute approximate surface area is 177 Å². The van der Waals surface area contributed by atoms with Gasteiger partial charge in [0.2, 0.25) is 0 Å². The van der Waals surface area contributed by atoms with Crippen LogP contribution in [0.25, 0.3) is 0 Å². The van der Waals surface area contributed by atoms with Crippen LogP contribution in [0.4, 0.5) is 5.69 Å². The van der Waals surface area contributed by atoms with Crippen molar-refractivity contribution >= 4 is 11.6 Å². The van der Waals surface area contributed by atoms with Gasteiger partial charge in [0.25, 0.3) is 5.91 Å². The number of nitrogens with one attached hydrogen (secondary N) is 1. The van der Waals surface area contributed by atoms with Gasteiger partial charge in [-0.2, -0.15) is 0 Å². The third kappa shape index (κ3) is 6.09. The monoisotopic (exact) mass is 405 g/mol. The van der Waals surface area contributed by atoms with Crippen LogP contribution in [0.3, 0.4) is 0 Å². The minimum absolute atomic E-state index is 0.186. The smallest absolute Gasteiger partial charge is 0.255 e. The second-order valence-electron chi connectivity index (χ2n) is 6.65. The average Bonchev–Trinajstić information content (AvgIpc) is 2.78. The molecule has 3 rings (SSSR count). The van der Waals surface area contributed by atoms with Crippen LogP contribution in [0, 0.1) is 0 Å². The lowest BCUT2D eigenvalue weighted by atomic mass is 10.1. The Balaban J connectivity index is 1.62. The first-order chi connectivity index (χ1) is 14.7. The molecular formula is C25H27NO4. The molecule has 5 nitrogen and oxygen atoms in total. The van der Waals surface area contributed by atoms with Gasteiger partial charge in [0.05, 0.1) is 13.2 Å². The van der Waals surface area contributed by atoms with Crippen molar-refractivity contribution in [3.05, 3.63) is 89.5 Å². The number of ether oxygens (including phenoxy) is 3. The molecule has 0 fully saturated rings. The lowest BCUT2D eigenvalue weighted by Crippen LogP contribution is -2.13. The average molecular weight is 405 g/mol. The molecule has 30 heavy (non-hydrogen) atoms. The second-order valence-corrected chi connectivity index (χ2v) is 6.65. The molecule has 0 saturated heterocycles. The topological polar surface area (TPSA) is 56.8 Å². The summed E-state index contributed by atoms with van der Waals surface area (Å²) in [4.78, 5) is 12.7. The van der Waals surface area contributed by atoms with E-state index in [9.17, 15) is 4.79 Å². The standard InChI is InChI=1S/C25H27NO4/c1-3-28-18-21-16-20(10-15-24(21)29-4-2)25(27)26-22-11-13-23(14-12-22)30-17-19-8-6-5-7-9-19/h5-16H,3-4,17-18H2,1-2H3,(H,26,27). The van der Waals surface area contributed by atoms with E-state index in [-0.39, 0.29) is 5.91 Å². The molecule has 0 aliphatic heterocycles. The van der Waals surface area contributed by atoms with Crippen molar-refractivity contribution in [3.8, 4) is 11.5 Å². The molecule has 0 heterocycles. The van der Waals surface area contributed by atoms with Crippen molar-refractivity contribution in [3.63, 3.8) is 0 Å². The molecule has 3 aromatic rings. The normalized spacial score (nSPS) is 10.5. The van der Waals surface area contributed by atoms with Gasteiger partial charge in [-0.3, -0.25) is 4.79 Å². The van der Waals surface area contributed by atoms with Crippen molar-refractivity contribution < 1.29 is 19.0 Å². The molecule has 0 aliphatic rings. The fraction of sp³-hybridized carbons (Fsp3) is 0.240. The first-order valence-electron chi connectivity index (χ1n) is 10.1. The zero-order valence-corrected chi connectivity index (χ0v) is 17.4. The van der Waals surface area contributed by atoms with E-state index in [0.717, 1.165) is 22.6 Å². The van der Waals surface area contributed by atoms with Crippen LogP contribution < -0.4 is 14.8 Å². The van der Waals surface area contributed by atoms with Crippen molar-refractivity contribution in [2.45, 2.75) is 27.1 Å². The van der Waals surface area contributed by atoms with Gasteiger partial charge in [-0.15, -0.1) is 0 Å². The van der Waals surface area contributed by atoms with Crippen LogP contribution in [0.1, 0.15) is 35.3 Å². The van der Waals surface area contributed by atoms with E-state index in [4.69, 9.17) is 14.2 Å². The van der Waals surface area contributed by atoms with Crippen LogP contribution in [-0.2, 0) is 18.0 Å². The number of hydrogen-bond acceptors (Lipinski definition) is 4. The fourth-order valence-electron chi connectivity index (χ4n) is 2.92. The summed E-state index contributed by atoms with van der Waals surface area (Å²) < 4.78 is 16.9. The van der Waals surface area contributed by atoms with Gasteiger partial charge in [-0.1, -0.05) is 30.3 Å². The zero-order chi connectivity index (χ0) is 21.2. The largest absolute Gasteiger partial charge is 0.494 e. The van der Waals surface area contributed by atoms with E-state index in [1.807, 2.05) is 80.6 Å². The van der Waals surface area contributed by atoms with E-state index < -0.39 is 0 Å². The lowest BCUT2D eigenvalue weighted by molar-refractivity contribution is 0.102. The maximum atomic E-state index is 12.7. The highest BCUT2D eigenvalue weighted by atomic mass is 16.5. The number of hydrogen-bond donors (Lipinski definition) is 1. The number of carbonyl (C=O) groups excluding carboxylic acids is 1. The number of anilines is 1. The van der Waals surface area contributed by atoms with Crippen molar-refractivity contribution in [2.24, 2.45) is 0 Å². The van der Waals surface area contributed by atoms with Gasteiger partial charge in [-0.25, -0.2) is 0 Å². The maximum absolute atomic E-state index is 12.7. The van der Waals surface area contributed by atoms with Gasteiger partial charge < -0.3 is 19.5 Å². The quantitative estimate of drug-likeness (QED) is 0.487. The molecule has 0 radical (unpaired) electrons. The first kappa shape index (κ1) is 21.4. The summed E-state index contributed by atoms with van der Waals surface area (Å²) in [5.41, 5.74) is 3.22. The highest BCUT2D eigenvalue weighted by Crippen LogP contribution is 2.23. The van der Waals surface area contributed by atoms with Crippen LogP contribution in [-0.4, -0.2) is 19.1 Å². The van der Waals surface area contributed by atoms with Crippen molar-refractivity contribution in [1.29, 1.82) is 0 Å². The van der Waals surface area contributed by atoms with E-state index in [1.165, 1.54) is 0 Å². The predicted octanol–water partition coefficient (Wildman–Crippen LogP) is 5.45. The van der Waals surface area contributed by atoms with Gasteiger partial charge in [0.1, 0.15) is 18.1 Å². The van der Waals surface area contributed by atoms with Crippen LogP contribution >= 0.6 is 0 Å². The minimum atomic E-state index is -0.186. The Morgan fingerprint density at radius 3 is 2.30 bits per heavy atom. The molecule has 1 amide bonds. The molecule has 0 aromatic heterocycles. The van der Waals surface area contributed by atoms with Crippen LogP contribution in [0.5, 0.6) is 11.5 Å². The second kappa shape index (κ2) is 11.0. The van der Waals surface area contributed by atoms with Crippen molar-refractivity contribution in [1.82, 2.24) is 0 Å². The number of benzene rings is 3. The maximum Gasteiger partial charge on any atom is 0.255 e. The summed E-state index contributed by atoms with van der Waals surface area (Å²) in [5.74, 6) is 1.30. The molecule has 0 saturated carbocycles. The Morgan fingerprint density at radius 1 is 0.833 bits per heavy atom. The van der Waals surface area contributed by atoms with Gasteiger partial charge in [-0.05, 0) is 61.9 Å². The highest BCUT2D eigenvalue weighted by molar-refractivity contribution is 6.04. The predicted molar refractivity (Wildman–Crippen MR) is 118 cm³/mol.